The number of thiophene rings is 1. The first kappa shape index (κ1) is 32.8. The summed E-state index contributed by atoms with van der Waals surface area (Å²) < 4.78 is 11.4. The highest BCUT2D eigenvalue weighted by Crippen LogP contribution is 2.42. The van der Waals surface area contributed by atoms with Crippen LogP contribution in [0.3, 0.4) is 0 Å². The SMILES string of the molecule is c1ccc(-n2c3ccccc3c3cc(-c4ccc(N(c5ccc(-c6ccc7c(c6)sc6ccccc67)cc5)c5ccc6c(c5)oc5ccccc56)cc4)ccc32)cc1. The number of benzene rings is 9. The van der Waals surface area contributed by atoms with Crippen molar-refractivity contribution in [3.8, 4) is 27.9 Å². The maximum Gasteiger partial charge on any atom is 0.137 e. The topological polar surface area (TPSA) is 21.3 Å². The largest absolute Gasteiger partial charge is 0.456 e. The number of para-hydroxylation sites is 3. The van der Waals surface area contributed by atoms with Gasteiger partial charge in [0.05, 0.1) is 11.0 Å². The van der Waals surface area contributed by atoms with Gasteiger partial charge in [-0.15, -0.1) is 11.3 Å². The van der Waals surface area contributed by atoms with Crippen LogP contribution in [0.4, 0.5) is 17.1 Å². The average molecular weight is 759 g/mol. The highest BCUT2D eigenvalue weighted by atomic mass is 32.1. The first-order valence-electron chi connectivity index (χ1n) is 19.7. The van der Waals surface area contributed by atoms with Crippen molar-refractivity contribution in [1.82, 2.24) is 4.57 Å². The molecule has 0 atom stereocenters. The fourth-order valence-corrected chi connectivity index (χ4v) is 9.97. The van der Waals surface area contributed by atoms with E-state index in [1.165, 1.54) is 64.2 Å². The molecule has 4 heteroatoms. The van der Waals surface area contributed by atoms with Gasteiger partial charge in [0, 0.05) is 70.5 Å². The van der Waals surface area contributed by atoms with Crippen molar-refractivity contribution in [3.05, 3.63) is 206 Å². The lowest BCUT2D eigenvalue weighted by molar-refractivity contribution is 0.669. The van der Waals surface area contributed by atoms with E-state index in [0.29, 0.717) is 0 Å². The Bertz CT molecular complexity index is 3500. The van der Waals surface area contributed by atoms with Crippen molar-refractivity contribution in [2.75, 3.05) is 4.90 Å². The number of aromatic nitrogens is 1. The normalized spacial score (nSPS) is 11.8. The van der Waals surface area contributed by atoms with E-state index in [1.54, 1.807) is 0 Å². The molecular weight excluding hydrogens is 725 g/mol. The molecule has 3 aromatic heterocycles. The summed E-state index contributed by atoms with van der Waals surface area (Å²) in [5.74, 6) is 0. The van der Waals surface area contributed by atoms with E-state index >= 15 is 0 Å². The fourth-order valence-electron chi connectivity index (χ4n) is 8.82. The number of nitrogens with zero attached hydrogens (tertiary/aromatic N) is 2. The predicted molar refractivity (Wildman–Crippen MR) is 247 cm³/mol. The van der Waals surface area contributed by atoms with E-state index in [9.17, 15) is 0 Å². The third kappa shape index (κ3) is 5.27. The standard InChI is InChI=1S/C54H34N2OS/c1-2-10-39(11-3-1)56-49-15-7-4-12-43(49)48-32-37(23-31-50(48)56)35-18-24-40(25-19-35)55(42-28-30-45-44-13-5-8-16-51(44)57-52(45)34-42)41-26-20-36(21-27-41)38-22-29-47-46-14-6-9-17-53(46)58-54(47)33-38/h1-34H. The molecule has 0 fully saturated rings. The molecule has 0 spiro atoms. The van der Waals surface area contributed by atoms with Gasteiger partial charge in [0.2, 0.25) is 0 Å². The second kappa shape index (κ2) is 13.1. The van der Waals surface area contributed by atoms with Crippen molar-refractivity contribution in [3.63, 3.8) is 0 Å². The number of fused-ring (bicyclic) bond motifs is 9. The molecule has 9 aromatic carbocycles. The van der Waals surface area contributed by atoms with E-state index in [4.69, 9.17) is 4.42 Å². The maximum absolute atomic E-state index is 6.39. The Kier molecular flexibility index (Phi) is 7.40. The molecule has 0 aliphatic rings. The molecule has 3 heterocycles. The second-order valence-corrected chi connectivity index (χ2v) is 16.0. The zero-order valence-corrected chi connectivity index (χ0v) is 32.2. The highest BCUT2D eigenvalue weighted by Gasteiger charge is 2.18. The Morgan fingerprint density at radius 2 is 0.897 bits per heavy atom. The Balaban J connectivity index is 0.944. The van der Waals surface area contributed by atoms with Gasteiger partial charge in [-0.25, -0.2) is 0 Å². The van der Waals surface area contributed by atoms with Gasteiger partial charge in [-0.3, -0.25) is 0 Å². The molecule has 0 amide bonds. The van der Waals surface area contributed by atoms with Gasteiger partial charge in [-0.05, 0) is 107 Å². The summed E-state index contributed by atoms with van der Waals surface area (Å²) in [6.45, 7) is 0. The minimum atomic E-state index is 0.872. The summed E-state index contributed by atoms with van der Waals surface area (Å²) >= 11 is 1.86. The number of hydrogen-bond donors (Lipinski definition) is 0. The monoisotopic (exact) mass is 758 g/mol. The van der Waals surface area contributed by atoms with Crippen LogP contribution >= 0.6 is 11.3 Å². The minimum absolute atomic E-state index is 0.872. The third-order valence-corrected chi connectivity index (χ3v) is 12.7. The van der Waals surface area contributed by atoms with Crippen molar-refractivity contribution in [2.45, 2.75) is 0 Å². The second-order valence-electron chi connectivity index (χ2n) is 14.9. The molecule has 0 unspecified atom stereocenters. The zero-order valence-electron chi connectivity index (χ0n) is 31.3. The van der Waals surface area contributed by atoms with E-state index in [2.05, 4.69) is 204 Å². The van der Waals surface area contributed by atoms with Gasteiger partial charge in [-0.1, -0.05) is 115 Å². The summed E-state index contributed by atoms with van der Waals surface area (Å²) in [6.07, 6.45) is 0. The van der Waals surface area contributed by atoms with Crippen molar-refractivity contribution in [2.24, 2.45) is 0 Å². The lowest BCUT2D eigenvalue weighted by Crippen LogP contribution is -2.09. The summed E-state index contributed by atoms with van der Waals surface area (Å²) in [5, 5.41) is 7.38. The van der Waals surface area contributed by atoms with Gasteiger partial charge in [0.25, 0.3) is 0 Å². The van der Waals surface area contributed by atoms with Crippen LogP contribution in [-0.4, -0.2) is 4.57 Å². The Labute approximate surface area is 338 Å². The predicted octanol–water partition coefficient (Wildman–Crippen LogP) is 15.9. The molecule has 0 saturated carbocycles. The van der Waals surface area contributed by atoms with Crippen LogP contribution in [0, 0.1) is 0 Å². The lowest BCUT2D eigenvalue weighted by Gasteiger charge is -2.26. The zero-order chi connectivity index (χ0) is 38.2. The molecule has 272 valence electrons. The molecule has 0 aliphatic heterocycles. The third-order valence-electron chi connectivity index (χ3n) is 11.6. The molecular formula is C54H34N2OS. The van der Waals surface area contributed by atoms with E-state index in [1.807, 2.05) is 23.5 Å². The van der Waals surface area contributed by atoms with Crippen LogP contribution in [0.5, 0.6) is 0 Å². The smallest absolute Gasteiger partial charge is 0.137 e. The van der Waals surface area contributed by atoms with Crippen LogP contribution in [0.2, 0.25) is 0 Å². The number of hydrogen-bond acceptors (Lipinski definition) is 3. The van der Waals surface area contributed by atoms with Crippen LogP contribution in [0.1, 0.15) is 0 Å². The minimum Gasteiger partial charge on any atom is -0.456 e. The number of anilines is 3. The summed E-state index contributed by atoms with van der Waals surface area (Å²) in [6, 6.07) is 74.4. The van der Waals surface area contributed by atoms with E-state index < -0.39 is 0 Å². The quantitative estimate of drug-likeness (QED) is 0.168. The first-order valence-corrected chi connectivity index (χ1v) is 20.5. The molecule has 0 saturated heterocycles. The molecule has 3 nitrogen and oxygen atoms in total. The Hall–Kier alpha value is -7.40. The van der Waals surface area contributed by atoms with Gasteiger partial charge >= 0.3 is 0 Å². The Morgan fingerprint density at radius 3 is 1.69 bits per heavy atom. The van der Waals surface area contributed by atoms with Crippen LogP contribution < -0.4 is 4.90 Å². The Morgan fingerprint density at radius 1 is 0.345 bits per heavy atom. The van der Waals surface area contributed by atoms with Gasteiger partial charge in [-0.2, -0.15) is 0 Å². The number of rotatable bonds is 6. The van der Waals surface area contributed by atoms with E-state index in [-0.39, 0.29) is 0 Å². The van der Waals surface area contributed by atoms with Gasteiger partial charge in [0.15, 0.2) is 0 Å². The summed E-state index contributed by atoms with van der Waals surface area (Å²) in [7, 11) is 0. The van der Waals surface area contributed by atoms with Crippen molar-refractivity contribution >= 4 is 92.3 Å². The molecule has 0 N–H and O–H groups in total. The summed E-state index contributed by atoms with van der Waals surface area (Å²) in [4.78, 5) is 2.33. The maximum atomic E-state index is 6.39. The lowest BCUT2D eigenvalue weighted by atomic mass is 10.0. The molecule has 58 heavy (non-hydrogen) atoms. The molecule has 12 rings (SSSR count). The van der Waals surface area contributed by atoms with Crippen molar-refractivity contribution in [1.29, 1.82) is 0 Å². The van der Waals surface area contributed by atoms with Gasteiger partial charge < -0.3 is 13.9 Å². The van der Waals surface area contributed by atoms with Crippen LogP contribution in [0.25, 0.3) is 91.9 Å². The van der Waals surface area contributed by atoms with Crippen LogP contribution in [0.15, 0.2) is 211 Å². The van der Waals surface area contributed by atoms with Gasteiger partial charge in [0.1, 0.15) is 11.2 Å². The van der Waals surface area contributed by atoms with E-state index in [0.717, 1.165) is 44.7 Å². The number of furan rings is 1. The molecule has 12 aromatic rings. The first-order chi connectivity index (χ1) is 28.7. The fraction of sp³-hybridized carbons (Fsp3) is 0. The summed E-state index contributed by atoms with van der Waals surface area (Å²) in [5.41, 5.74) is 13.3. The molecule has 0 aliphatic carbocycles. The van der Waals surface area contributed by atoms with Crippen LogP contribution in [-0.2, 0) is 0 Å². The molecule has 0 bridgehead atoms. The molecule has 0 radical (unpaired) electrons. The van der Waals surface area contributed by atoms with Crippen molar-refractivity contribution < 1.29 is 4.42 Å². The highest BCUT2D eigenvalue weighted by molar-refractivity contribution is 7.25. The average Bonchev–Trinajstić information content (AvgIpc) is 3.96.